The Labute approximate surface area is 167 Å². The number of rotatable bonds is 10. The first-order chi connectivity index (χ1) is 13.3. The van der Waals surface area contributed by atoms with Crippen molar-refractivity contribution in [2.45, 2.75) is 40.0 Å². The molecule has 28 heavy (non-hydrogen) atoms. The predicted octanol–water partition coefficient (Wildman–Crippen LogP) is 5.70. The fourth-order valence-electron chi connectivity index (χ4n) is 2.53. The maximum absolute atomic E-state index is 12.5. The molecule has 0 aliphatic carbocycles. The van der Waals surface area contributed by atoms with E-state index in [1.54, 1.807) is 12.1 Å². The van der Waals surface area contributed by atoms with Gasteiger partial charge in [0.25, 0.3) is 0 Å². The Bertz CT molecular complexity index is 822. The average Bonchev–Trinajstić information content (AvgIpc) is 2.64. The highest BCUT2D eigenvalue weighted by atomic mass is 16.4. The zero-order valence-electron chi connectivity index (χ0n) is 16.9. The van der Waals surface area contributed by atoms with E-state index in [9.17, 15) is 9.59 Å². The molecule has 0 heterocycles. The summed E-state index contributed by atoms with van der Waals surface area (Å²) in [5, 5.41) is 11.8. The number of carboxylic acids is 1. The third-order valence-corrected chi connectivity index (χ3v) is 3.91. The standard InChI is InChI=1S/C24H29NO3/c1-5-7-19(8-6-2)11-15-23(26)25-22-17-20(12-16-24(27)28)10-14-21(22)13-9-18(3)4/h5-10,12,14,16-17H,1,11,13,15H2,2-4H3,(H,25,26)(H,27,28)/b8-6-,16-12+,19-7+. The van der Waals surface area contributed by atoms with Gasteiger partial charge < -0.3 is 10.4 Å². The van der Waals surface area contributed by atoms with Crippen molar-refractivity contribution >= 4 is 23.6 Å². The predicted molar refractivity (Wildman–Crippen MR) is 117 cm³/mol. The first-order valence-electron chi connectivity index (χ1n) is 9.27. The fourth-order valence-corrected chi connectivity index (χ4v) is 2.53. The smallest absolute Gasteiger partial charge is 0.328 e. The molecule has 0 spiro atoms. The summed E-state index contributed by atoms with van der Waals surface area (Å²) in [4.78, 5) is 23.2. The van der Waals surface area contributed by atoms with Crippen LogP contribution in [-0.2, 0) is 16.0 Å². The van der Waals surface area contributed by atoms with Crippen LogP contribution in [0, 0.1) is 0 Å². The van der Waals surface area contributed by atoms with Crippen molar-refractivity contribution in [3.05, 3.63) is 83.5 Å². The number of aliphatic carboxylic acids is 1. The largest absolute Gasteiger partial charge is 0.478 e. The molecule has 0 aromatic heterocycles. The van der Waals surface area contributed by atoms with E-state index in [1.807, 2.05) is 51.1 Å². The van der Waals surface area contributed by atoms with Gasteiger partial charge in [0.15, 0.2) is 0 Å². The van der Waals surface area contributed by atoms with Gasteiger partial charge in [0.05, 0.1) is 0 Å². The molecule has 0 saturated carbocycles. The summed E-state index contributed by atoms with van der Waals surface area (Å²) in [6.07, 6.45) is 13.9. The maximum atomic E-state index is 12.5. The van der Waals surface area contributed by atoms with E-state index in [0.717, 1.165) is 22.8 Å². The quantitative estimate of drug-likeness (QED) is 0.311. The number of allylic oxidation sites excluding steroid dienone is 7. The van der Waals surface area contributed by atoms with Crippen molar-refractivity contribution in [1.29, 1.82) is 0 Å². The number of carbonyl (C=O) groups excluding carboxylic acids is 1. The summed E-state index contributed by atoms with van der Waals surface area (Å²) in [6, 6.07) is 5.57. The van der Waals surface area contributed by atoms with Crippen molar-refractivity contribution in [3.63, 3.8) is 0 Å². The fraction of sp³-hybridized carbons (Fsp3) is 0.250. The van der Waals surface area contributed by atoms with E-state index in [2.05, 4.69) is 18.0 Å². The molecule has 0 fully saturated rings. The van der Waals surface area contributed by atoms with Crippen LogP contribution in [0.2, 0.25) is 0 Å². The Kier molecular flexibility index (Phi) is 10.0. The molecule has 0 unspecified atom stereocenters. The van der Waals surface area contributed by atoms with E-state index >= 15 is 0 Å². The van der Waals surface area contributed by atoms with Gasteiger partial charge in [-0.15, -0.1) is 0 Å². The monoisotopic (exact) mass is 379 g/mol. The highest BCUT2D eigenvalue weighted by molar-refractivity contribution is 5.92. The van der Waals surface area contributed by atoms with Crippen LogP contribution in [0.4, 0.5) is 5.69 Å². The van der Waals surface area contributed by atoms with Crippen LogP contribution in [0.3, 0.4) is 0 Å². The zero-order valence-corrected chi connectivity index (χ0v) is 16.9. The Hall–Kier alpha value is -3.14. The van der Waals surface area contributed by atoms with E-state index in [1.165, 1.54) is 11.6 Å². The molecule has 2 N–H and O–H groups in total. The number of nitrogens with one attached hydrogen (secondary N) is 1. The molecule has 1 aromatic carbocycles. The molecule has 4 nitrogen and oxygen atoms in total. The van der Waals surface area contributed by atoms with Crippen LogP contribution >= 0.6 is 0 Å². The molecule has 0 saturated heterocycles. The highest BCUT2D eigenvalue weighted by Crippen LogP contribution is 2.21. The molecular weight excluding hydrogens is 350 g/mol. The summed E-state index contributed by atoms with van der Waals surface area (Å²) >= 11 is 0. The van der Waals surface area contributed by atoms with Crippen LogP contribution in [0.15, 0.2) is 72.4 Å². The molecule has 1 amide bonds. The SMILES string of the molecule is C=C/C=C(\C=C/C)CCC(=O)Nc1cc(/C=C/C(=O)O)ccc1CC=C(C)C. The van der Waals surface area contributed by atoms with Gasteiger partial charge in [0.2, 0.25) is 5.91 Å². The summed E-state index contributed by atoms with van der Waals surface area (Å²) in [5.74, 6) is -1.10. The molecule has 1 aromatic rings. The lowest BCUT2D eigenvalue weighted by Crippen LogP contribution is -2.13. The van der Waals surface area contributed by atoms with Crippen LogP contribution in [0.5, 0.6) is 0 Å². The number of hydrogen-bond acceptors (Lipinski definition) is 2. The van der Waals surface area contributed by atoms with Crippen molar-refractivity contribution < 1.29 is 14.7 Å². The first kappa shape index (κ1) is 22.9. The second-order valence-electron chi connectivity index (χ2n) is 6.60. The van der Waals surface area contributed by atoms with Crippen molar-refractivity contribution in [1.82, 2.24) is 0 Å². The molecule has 4 heteroatoms. The molecular formula is C24H29NO3. The van der Waals surface area contributed by atoms with Crippen molar-refractivity contribution in [2.75, 3.05) is 5.32 Å². The average molecular weight is 380 g/mol. The first-order valence-corrected chi connectivity index (χ1v) is 9.27. The minimum absolute atomic E-state index is 0.0859. The van der Waals surface area contributed by atoms with Gasteiger partial charge >= 0.3 is 5.97 Å². The summed E-state index contributed by atoms with van der Waals surface area (Å²) in [6.45, 7) is 9.68. The molecule has 0 aliphatic rings. The molecule has 0 atom stereocenters. The van der Waals surface area contributed by atoms with Gasteiger partial charge in [-0.25, -0.2) is 4.79 Å². The molecule has 0 bridgehead atoms. The normalized spacial score (nSPS) is 11.6. The van der Waals surface area contributed by atoms with Crippen LogP contribution in [-0.4, -0.2) is 17.0 Å². The molecule has 148 valence electrons. The third kappa shape index (κ3) is 8.99. The van der Waals surface area contributed by atoms with Gasteiger partial charge in [0.1, 0.15) is 0 Å². The Morgan fingerprint density at radius 2 is 1.93 bits per heavy atom. The van der Waals surface area contributed by atoms with Crippen molar-refractivity contribution in [2.24, 2.45) is 0 Å². The highest BCUT2D eigenvalue weighted by Gasteiger charge is 2.08. The summed E-state index contributed by atoms with van der Waals surface area (Å²) < 4.78 is 0. The lowest BCUT2D eigenvalue weighted by molar-refractivity contribution is -0.131. The van der Waals surface area contributed by atoms with E-state index < -0.39 is 5.97 Å². The summed E-state index contributed by atoms with van der Waals surface area (Å²) in [5.41, 5.74) is 4.64. The second-order valence-corrected chi connectivity index (χ2v) is 6.60. The zero-order chi connectivity index (χ0) is 20.9. The number of amides is 1. The number of carbonyl (C=O) groups is 2. The number of hydrogen-bond donors (Lipinski definition) is 2. The van der Waals surface area contributed by atoms with Crippen LogP contribution in [0.1, 0.15) is 44.7 Å². The maximum Gasteiger partial charge on any atom is 0.328 e. The number of benzene rings is 1. The second kappa shape index (κ2) is 12.3. The van der Waals surface area contributed by atoms with Crippen molar-refractivity contribution in [3.8, 4) is 0 Å². The van der Waals surface area contributed by atoms with Crippen LogP contribution < -0.4 is 5.32 Å². The molecule has 0 aliphatic heterocycles. The molecule has 1 rings (SSSR count). The number of anilines is 1. The Morgan fingerprint density at radius 3 is 2.54 bits per heavy atom. The van der Waals surface area contributed by atoms with E-state index in [0.29, 0.717) is 24.9 Å². The lowest BCUT2D eigenvalue weighted by atomic mass is 10.0. The Balaban J connectivity index is 2.99. The molecule has 0 radical (unpaired) electrons. The van der Waals surface area contributed by atoms with Gasteiger partial charge in [-0.05, 0) is 62.5 Å². The lowest BCUT2D eigenvalue weighted by Gasteiger charge is -2.12. The van der Waals surface area contributed by atoms with Gasteiger partial charge in [-0.3, -0.25) is 4.79 Å². The summed E-state index contributed by atoms with van der Waals surface area (Å²) in [7, 11) is 0. The number of carboxylic acid groups (broad SMARTS) is 1. The van der Waals surface area contributed by atoms with Gasteiger partial charge in [-0.1, -0.05) is 54.7 Å². The van der Waals surface area contributed by atoms with Gasteiger partial charge in [0, 0.05) is 18.2 Å². The third-order valence-electron chi connectivity index (χ3n) is 3.91. The van der Waals surface area contributed by atoms with E-state index in [-0.39, 0.29) is 5.91 Å². The van der Waals surface area contributed by atoms with Gasteiger partial charge in [-0.2, -0.15) is 0 Å². The van der Waals surface area contributed by atoms with E-state index in [4.69, 9.17) is 5.11 Å². The topological polar surface area (TPSA) is 66.4 Å². The minimum Gasteiger partial charge on any atom is -0.478 e. The Morgan fingerprint density at radius 1 is 1.18 bits per heavy atom. The van der Waals surface area contributed by atoms with Crippen LogP contribution in [0.25, 0.3) is 6.08 Å². The minimum atomic E-state index is -1.01.